The summed E-state index contributed by atoms with van der Waals surface area (Å²) in [6.45, 7) is 13.2. The van der Waals surface area contributed by atoms with E-state index in [2.05, 4.69) is 25.7 Å². The monoisotopic (exact) mass is 519 g/mol. The molecule has 1 saturated heterocycles. The molecule has 7 heteroatoms. The molecule has 0 radical (unpaired) electrons. The summed E-state index contributed by atoms with van der Waals surface area (Å²) in [5.41, 5.74) is 0.907. The molecule has 2 atom stereocenters. The minimum atomic E-state index is -0.709. The predicted molar refractivity (Wildman–Crippen MR) is 138 cm³/mol. The van der Waals surface area contributed by atoms with Crippen LogP contribution in [-0.2, 0) is 4.74 Å². The molecule has 1 heterocycles. The number of carbonyl (C=O) groups excluding carboxylic acids is 1. The van der Waals surface area contributed by atoms with Gasteiger partial charge < -0.3 is 9.47 Å². The first-order valence-electron chi connectivity index (χ1n) is 12.6. The third-order valence-corrected chi connectivity index (χ3v) is 7.17. The highest BCUT2D eigenvalue weighted by Crippen LogP contribution is 2.46. The molecule has 0 spiro atoms. The average molecular weight is 520 g/mol. The van der Waals surface area contributed by atoms with Gasteiger partial charge in [0, 0.05) is 30.2 Å². The molecule has 2 aromatic rings. The first kappa shape index (κ1) is 26.9. The standard InChI is InChI=1S/C29H36ClF2NO3/c1-17(21-10-9-19(31)11-24(21)30)33-15-20(14-29(5,6)16-33)35-26-13-25(32)23(12-22(26)18-7-8-18)27(34)36-28(2,3)4/h9-13,17-18,20H,7-8,14-16H2,1-6H3/t17-,20-/m1/s1. The summed E-state index contributed by atoms with van der Waals surface area (Å²) in [6, 6.07) is 7.42. The summed E-state index contributed by atoms with van der Waals surface area (Å²) in [5.74, 6) is -0.907. The maximum absolute atomic E-state index is 15.1. The van der Waals surface area contributed by atoms with Gasteiger partial charge in [-0.2, -0.15) is 0 Å². The van der Waals surface area contributed by atoms with Crippen LogP contribution in [0, 0.1) is 17.0 Å². The Hall–Kier alpha value is -2.18. The fourth-order valence-corrected chi connectivity index (χ4v) is 5.41. The van der Waals surface area contributed by atoms with Crippen LogP contribution in [0.15, 0.2) is 30.3 Å². The number of benzene rings is 2. The van der Waals surface area contributed by atoms with Gasteiger partial charge in [-0.05, 0) is 87.6 Å². The average Bonchev–Trinajstić information content (AvgIpc) is 3.56. The van der Waals surface area contributed by atoms with Gasteiger partial charge in [0.2, 0.25) is 0 Å². The van der Waals surface area contributed by atoms with Crippen LogP contribution in [0.4, 0.5) is 8.78 Å². The van der Waals surface area contributed by atoms with E-state index in [1.165, 1.54) is 18.2 Å². The van der Waals surface area contributed by atoms with E-state index in [1.54, 1.807) is 32.9 Å². The van der Waals surface area contributed by atoms with Crippen molar-refractivity contribution in [2.24, 2.45) is 5.41 Å². The number of ether oxygens (including phenoxy) is 2. The molecule has 0 aromatic heterocycles. The van der Waals surface area contributed by atoms with E-state index in [9.17, 15) is 9.18 Å². The Balaban J connectivity index is 1.58. The van der Waals surface area contributed by atoms with Crippen LogP contribution >= 0.6 is 11.6 Å². The first-order valence-corrected chi connectivity index (χ1v) is 13.0. The van der Waals surface area contributed by atoms with Crippen LogP contribution in [0.5, 0.6) is 5.75 Å². The van der Waals surface area contributed by atoms with Crippen molar-refractivity contribution in [3.05, 3.63) is 63.7 Å². The molecule has 2 aliphatic rings. The van der Waals surface area contributed by atoms with Gasteiger partial charge in [-0.1, -0.05) is 31.5 Å². The van der Waals surface area contributed by atoms with Gasteiger partial charge in [-0.15, -0.1) is 0 Å². The van der Waals surface area contributed by atoms with Gasteiger partial charge in [-0.25, -0.2) is 13.6 Å². The summed E-state index contributed by atoms with van der Waals surface area (Å²) in [5, 5.41) is 0.402. The first-order chi connectivity index (χ1) is 16.7. The third-order valence-electron chi connectivity index (χ3n) is 6.84. The van der Waals surface area contributed by atoms with Crippen LogP contribution in [0.3, 0.4) is 0 Å². The second-order valence-electron chi connectivity index (χ2n) is 12.0. The molecule has 1 aliphatic carbocycles. The lowest BCUT2D eigenvalue weighted by molar-refractivity contribution is 0.000593. The van der Waals surface area contributed by atoms with Gasteiger partial charge in [-0.3, -0.25) is 4.90 Å². The Morgan fingerprint density at radius 2 is 1.86 bits per heavy atom. The maximum atomic E-state index is 15.1. The minimum absolute atomic E-state index is 0.0436. The van der Waals surface area contributed by atoms with Gasteiger partial charge >= 0.3 is 5.97 Å². The summed E-state index contributed by atoms with van der Waals surface area (Å²) >= 11 is 6.36. The van der Waals surface area contributed by atoms with Crippen molar-refractivity contribution < 1.29 is 23.0 Å². The lowest BCUT2D eigenvalue weighted by atomic mass is 9.81. The second-order valence-corrected chi connectivity index (χ2v) is 12.4. The SMILES string of the molecule is C[C@H](c1ccc(F)cc1Cl)N1C[C@H](Oc2cc(F)c(C(=O)OC(C)(C)C)cc2C2CC2)CC(C)(C)C1. The fourth-order valence-electron chi connectivity index (χ4n) is 5.09. The van der Waals surface area contributed by atoms with Crippen molar-refractivity contribution in [1.82, 2.24) is 4.90 Å². The van der Waals surface area contributed by atoms with E-state index in [4.69, 9.17) is 21.1 Å². The molecule has 2 aromatic carbocycles. The molecule has 1 aliphatic heterocycles. The number of esters is 1. The van der Waals surface area contributed by atoms with Gasteiger partial charge in [0.05, 0.1) is 5.56 Å². The van der Waals surface area contributed by atoms with Gasteiger partial charge in [0.1, 0.15) is 29.1 Å². The van der Waals surface area contributed by atoms with Crippen molar-refractivity contribution in [3.8, 4) is 5.75 Å². The molecular formula is C29H36ClF2NO3. The normalized spacial score (nSPS) is 21.2. The van der Waals surface area contributed by atoms with Crippen molar-refractivity contribution in [2.75, 3.05) is 13.1 Å². The Morgan fingerprint density at radius 1 is 1.17 bits per heavy atom. The van der Waals surface area contributed by atoms with Crippen molar-refractivity contribution in [3.63, 3.8) is 0 Å². The van der Waals surface area contributed by atoms with Crippen LogP contribution in [0.25, 0.3) is 0 Å². The minimum Gasteiger partial charge on any atom is -0.489 e. The number of likely N-dealkylation sites (tertiary alicyclic amines) is 1. The summed E-state index contributed by atoms with van der Waals surface area (Å²) < 4.78 is 40.6. The zero-order valence-electron chi connectivity index (χ0n) is 22.0. The summed E-state index contributed by atoms with van der Waals surface area (Å²) in [6.07, 6.45) is 2.59. The van der Waals surface area contributed by atoms with Crippen molar-refractivity contribution >= 4 is 17.6 Å². The Bertz CT molecular complexity index is 1140. The number of halogens is 3. The molecule has 0 amide bonds. The molecule has 0 N–H and O–H groups in total. The summed E-state index contributed by atoms with van der Waals surface area (Å²) in [4.78, 5) is 14.9. The highest BCUT2D eigenvalue weighted by molar-refractivity contribution is 6.31. The molecule has 196 valence electrons. The maximum Gasteiger partial charge on any atom is 0.341 e. The lowest BCUT2D eigenvalue weighted by Gasteiger charge is -2.45. The molecular weight excluding hydrogens is 484 g/mol. The molecule has 0 bridgehead atoms. The Morgan fingerprint density at radius 3 is 2.47 bits per heavy atom. The zero-order chi connectivity index (χ0) is 26.4. The lowest BCUT2D eigenvalue weighted by Crippen LogP contribution is -2.50. The molecule has 36 heavy (non-hydrogen) atoms. The van der Waals surface area contributed by atoms with E-state index >= 15 is 4.39 Å². The largest absolute Gasteiger partial charge is 0.489 e. The van der Waals surface area contributed by atoms with Crippen molar-refractivity contribution in [1.29, 1.82) is 0 Å². The van der Waals surface area contributed by atoms with E-state index in [-0.39, 0.29) is 34.9 Å². The number of hydrogen-bond acceptors (Lipinski definition) is 4. The molecule has 0 unspecified atom stereocenters. The van der Waals surface area contributed by atoms with Crippen LogP contribution in [0.2, 0.25) is 5.02 Å². The quantitative estimate of drug-likeness (QED) is 0.367. The predicted octanol–water partition coefficient (Wildman–Crippen LogP) is 7.69. The Labute approximate surface area is 217 Å². The van der Waals surface area contributed by atoms with Crippen LogP contribution in [0.1, 0.15) is 94.2 Å². The van der Waals surface area contributed by atoms with E-state index < -0.39 is 17.4 Å². The van der Waals surface area contributed by atoms with Gasteiger partial charge in [0.25, 0.3) is 0 Å². The Kier molecular flexibility index (Phi) is 7.42. The highest BCUT2D eigenvalue weighted by Gasteiger charge is 2.38. The number of carbonyl (C=O) groups is 1. The second kappa shape index (κ2) is 9.94. The number of piperidine rings is 1. The van der Waals surface area contributed by atoms with Crippen molar-refractivity contribution in [2.45, 2.75) is 84.5 Å². The van der Waals surface area contributed by atoms with E-state index in [1.807, 2.05) is 0 Å². The number of rotatable bonds is 6. The number of nitrogens with zero attached hydrogens (tertiary/aromatic N) is 1. The molecule has 1 saturated carbocycles. The smallest absolute Gasteiger partial charge is 0.341 e. The molecule has 2 fully saturated rings. The molecule has 4 nitrogen and oxygen atoms in total. The molecule has 4 rings (SSSR count). The third kappa shape index (κ3) is 6.38. The highest BCUT2D eigenvalue weighted by atomic mass is 35.5. The van der Waals surface area contributed by atoms with E-state index in [0.717, 1.165) is 36.9 Å². The van der Waals surface area contributed by atoms with Gasteiger partial charge in [0.15, 0.2) is 0 Å². The zero-order valence-corrected chi connectivity index (χ0v) is 22.7. The van der Waals surface area contributed by atoms with E-state index in [0.29, 0.717) is 17.3 Å². The topological polar surface area (TPSA) is 38.8 Å². The van der Waals surface area contributed by atoms with Crippen LogP contribution in [-0.4, -0.2) is 35.7 Å². The summed E-state index contributed by atoms with van der Waals surface area (Å²) in [7, 11) is 0. The number of hydrogen-bond donors (Lipinski definition) is 0. The van der Waals surface area contributed by atoms with Crippen LogP contribution < -0.4 is 4.74 Å². The fraction of sp³-hybridized carbons (Fsp3) is 0.552.